The number of carbonyl (C=O) groups excluding carboxylic acids is 2. The lowest BCUT2D eigenvalue weighted by Crippen LogP contribution is -2.33. The fraction of sp³-hybridized carbons (Fsp3) is 0.188. The van der Waals surface area contributed by atoms with Gasteiger partial charge >= 0.3 is 0 Å². The highest BCUT2D eigenvalue weighted by Gasteiger charge is 2.10. The average molecular weight is 331 g/mol. The van der Waals surface area contributed by atoms with Gasteiger partial charge in [0, 0.05) is 17.8 Å². The molecule has 0 unspecified atom stereocenters. The molecule has 0 spiro atoms. The van der Waals surface area contributed by atoms with Crippen molar-refractivity contribution in [2.24, 2.45) is 0 Å². The summed E-state index contributed by atoms with van der Waals surface area (Å²) in [6.45, 7) is 1.94. The SMILES string of the molecule is CCCC(=O)Nc1cccc(NC(=S)NC(=O)c2ccco2)c1. The van der Waals surface area contributed by atoms with Crippen molar-refractivity contribution >= 4 is 40.5 Å². The van der Waals surface area contributed by atoms with Crippen LogP contribution in [0.15, 0.2) is 47.1 Å². The Kier molecular flexibility index (Phi) is 5.87. The van der Waals surface area contributed by atoms with Crippen LogP contribution < -0.4 is 16.0 Å². The minimum absolute atomic E-state index is 0.0432. The Labute approximate surface area is 139 Å². The minimum atomic E-state index is -0.431. The highest BCUT2D eigenvalue weighted by molar-refractivity contribution is 7.80. The molecule has 0 saturated heterocycles. The molecule has 0 aliphatic rings. The Bertz CT molecular complexity index is 698. The molecule has 6 nitrogen and oxygen atoms in total. The van der Waals surface area contributed by atoms with Gasteiger partial charge in [-0.2, -0.15) is 0 Å². The molecule has 2 aromatic rings. The second kappa shape index (κ2) is 8.09. The molecule has 0 radical (unpaired) electrons. The van der Waals surface area contributed by atoms with Crippen LogP contribution in [0.5, 0.6) is 0 Å². The molecule has 0 aliphatic carbocycles. The lowest BCUT2D eigenvalue weighted by molar-refractivity contribution is -0.116. The molecule has 0 fully saturated rings. The number of thiocarbonyl (C=S) groups is 1. The predicted octanol–water partition coefficient (Wildman–Crippen LogP) is 3.15. The molecule has 2 rings (SSSR count). The van der Waals surface area contributed by atoms with E-state index in [-0.39, 0.29) is 16.8 Å². The van der Waals surface area contributed by atoms with Crippen LogP contribution in [0, 0.1) is 0 Å². The molecule has 0 bridgehead atoms. The number of benzene rings is 1. The summed E-state index contributed by atoms with van der Waals surface area (Å²) in [5, 5.41) is 8.34. The Morgan fingerprint density at radius 1 is 1.13 bits per heavy atom. The van der Waals surface area contributed by atoms with Crippen molar-refractivity contribution in [3.63, 3.8) is 0 Å². The van der Waals surface area contributed by atoms with E-state index in [2.05, 4.69) is 16.0 Å². The first kappa shape index (κ1) is 16.7. The summed E-state index contributed by atoms with van der Waals surface area (Å²) in [5.41, 5.74) is 1.32. The summed E-state index contributed by atoms with van der Waals surface area (Å²) in [5.74, 6) is -0.298. The third kappa shape index (κ3) is 5.23. The first-order valence-electron chi connectivity index (χ1n) is 7.14. The van der Waals surface area contributed by atoms with Gasteiger partial charge in [-0.15, -0.1) is 0 Å². The second-order valence-electron chi connectivity index (χ2n) is 4.76. The standard InChI is InChI=1S/C16H17N3O3S/c1-2-5-14(20)17-11-6-3-7-12(10-11)18-16(23)19-15(21)13-8-4-9-22-13/h3-4,6-10H,2,5H2,1H3,(H,17,20)(H2,18,19,21,23). The van der Waals surface area contributed by atoms with E-state index in [0.717, 1.165) is 6.42 Å². The lowest BCUT2D eigenvalue weighted by Gasteiger charge is -2.10. The van der Waals surface area contributed by atoms with Crippen LogP contribution in [-0.2, 0) is 4.79 Å². The van der Waals surface area contributed by atoms with E-state index >= 15 is 0 Å². The van der Waals surface area contributed by atoms with E-state index in [1.54, 1.807) is 36.4 Å². The van der Waals surface area contributed by atoms with E-state index in [1.165, 1.54) is 6.26 Å². The number of furan rings is 1. The molecule has 1 aromatic heterocycles. The maximum absolute atomic E-state index is 11.8. The van der Waals surface area contributed by atoms with E-state index in [1.807, 2.05) is 6.92 Å². The number of carbonyl (C=O) groups is 2. The van der Waals surface area contributed by atoms with Crippen molar-refractivity contribution in [3.8, 4) is 0 Å². The molecule has 7 heteroatoms. The maximum atomic E-state index is 11.8. The Morgan fingerprint density at radius 2 is 1.87 bits per heavy atom. The number of nitrogens with one attached hydrogen (secondary N) is 3. The van der Waals surface area contributed by atoms with Gasteiger partial charge in [-0.05, 0) is 49.0 Å². The molecule has 1 heterocycles. The molecular weight excluding hydrogens is 314 g/mol. The summed E-state index contributed by atoms with van der Waals surface area (Å²) >= 11 is 5.09. The normalized spacial score (nSPS) is 9.96. The fourth-order valence-corrected chi connectivity index (χ4v) is 2.07. The first-order chi connectivity index (χ1) is 11.1. The van der Waals surface area contributed by atoms with E-state index in [9.17, 15) is 9.59 Å². The predicted molar refractivity (Wildman–Crippen MR) is 92.4 cm³/mol. The van der Waals surface area contributed by atoms with Gasteiger partial charge in [0.1, 0.15) is 0 Å². The number of hydrogen-bond acceptors (Lipinski definition) is 4. The molecule has 1 aromatic carbocycles. The van der Waals surface area contributed by atoms with Crippen molar-refractivity contribution in [2.75, 3.05) is 10.6 Å². The van der Waals surface area contributed by atoms with Gasteiger partial charge in [-0.3, -0.25) is 14.9 Å². The quantitative estimate of drug-likeness (QED) is 0.733. The average Bonchev–Trinajstić information content (AvgIpc) is 3.01. The summed E-state index contributed by atoms with van der Waals surface area (Å²) in [6, 6.07) is 10.2. The summed E-state index contributed by atoms with van der Waals surface area (Å²) in [4.78, 5) is 23.4. The highest BCUT2D eigenvalue weighted by atomic mass is 32.1. The van der Waals surface area contributed by atoms with Crippen LogP contribution in [0.4, 0.5) is 11.4 Å². The number of anilines is 2. The van der Waals surface area contributed by atoms with Crippen LogP contribution in [0.3, 0.4) is 0 Å². The Hall–Kier alpha value is -2.67. The van der Waals surface area contributed by atoms with Crippen LogP contribution >= 0.6 is 12.2 Å². The maximum Gasteiger partial charge on any atom is 0.293 e. The number of hydrogen-bond donors (Lipinski definition) is 3. The molecule has 120 valence electrons. The molecular formula is C16H17N3O3S. The van der Waals surface area contributed by atoms with Crippen molar-refractivity contribution in [2.45, 2.75) is 19.8 Å². The highest BCUT2D eigenvalue weighted by Crippen LogP contribution is 2.15. The molecule has 0 atom stereocenters. The van der Waals surface area contributed by atoms with Gasteiger partial charge in [0.25, 0.3) is 5.91 Å². The van der Waals surface area contributed by atoms with Gasteiger partial charge in [0.15, 0.2) is 10.9 Å². The third-order valence-corrected chi connectivity index (χ3v) is 3.06. The van der Waals surface area contributed by atoms with Crippen molar-refractivity contribution in [3.05, 3.63) is 48.4 Å². The minimum Gasteiger partial charge on any atom is -0.459 e. The van der Waals surface area contributed by atoms with Crippen LogP contribution in [0.1, 0.15) is 30.3 Å². The van der Waals surface area contributed by atoms with Crippen LogP contribution in [0.2, 0.25) is 0 Å². The monoisotopic (exact) mass is 331 g/mol. The van der Waals surface area contributed by atoms with E-state index in [4.69, 9.17) is 16.6 Å². The zero-order chi connectivity index (χ0) is 16.7. The van der Waals surface area contributed by atoms with Gasteiger partial charge in [0.05, 0.1) is 6.26 Å². The lowest BCUT2D eigenvalue weighted by atomic mass is 10.2. The number of amides is 2. The van der Waals surface area contributed by atoms with Crippen molar-refractivity contribution < 1.29 is 14.0 Å². The Balaban J connectivity index is 1.93. The van der Waals surface area contributed by atoms with Crippen molar-refractivity contribution in [1.82, 2.24) is 5.32 Å². The smallest absolute Gasteiger partial charge is 0.293 e. The van der Waals surface area contributed by atoms with Crippen molar-refractivity contribution in [1.29, 1.82) is 0 Å². The fourth-order valence-electron chi connectivity index (χ4n) is 1.86. The van der Waals surface area contributed by atoms with E-state index < -0.39 is 5.91 Å². The summed E-state index contributed by atoms with van der Waals surface area (Å²) in [7, 11) is 0. The van der Waals surface area contributed by atoms with Gasteiger partial charge < -0.3 is 15.1 Å². The molecule has 0 aliphatic heterocycles. The zero-order valence-electron chi connectivity index (χ0n) is 12.6. The third-order valence-electron chi connectivity index (χ3n) is 2.85. The van der Waals surface area contributed by atoms with Gasteiger partial charge in [-0.25, -0.2) is 0 Å². The molecule has 2 amide bonds. The molecule has 0 saturated carbocycles. The van der Waals surface area contributed by atoms with Crippen LogP contribution in [-0.4, -0.2) is 16.9 Å². The summed E-state index contributed by atoms with van der Waals surface area (Å²) in [6.07, 6.45) is 2.66. The summed E-state index contributed by atoms with van der Waals surface area (Å²) < 4.78 is 4.99. The first-order valence-corrected chi connectivity index (χ1v) is 7.55. The van der Waals surface area contributed by atoms with Gasteiger partial charge in [0.2, 0.25) is 5.91 Å². The van der Waals surface area contributed by atoms with Gasteiger partial charge in [-0.1, -0.05) is 13.0 Å². The Morgan fingerprint density at radius 3 is 2.52 bits per heavy atom. The second-order valence-corrected chi connectivity index (χ2v) is 5.17. The van der Waals surface area contributed by atoms with E-state index in [0.29, 0.717) is 17.8 Å². The molecule has 23 heavy (non-hydrogen) atoms. The zero-order valence-corrected chi connectivity index (χ0v) is 13.4. The largest absolute Gasteiger partial charge is 0.459 e. The topological polar surface area (TPSA) is 83.4 Å². The van der Waals surface area contributed by atoms with Crippen LogP contribution in [0.25, 0.3) is 0 Å². The number of rotatable bonds is 5. The molecule has 3 N–H and O–H groups in total.